The van der Waals surface area contributed by atoms with Gasteiger partial charge in [0.15, 0.2) is 4.77 Å². The summed E-state index contributed by atoms with van der Waals surface area (Å²) in [6.07, 6.45) is 3.80. The first-order chi connectivity index (χ1) is 10.1. The number of amides is 1. The summed E-state index contributed by atoms with van der Waals surface area (Å²) in [6, 6.07) is 0.164. The third-order valence-electron chi connectivity index (χ3n) is 3.97. The van der Waals surface area contributed by atoms with Crippen LogP contribution >= 0.6 is 12.2 Å². The first-order valence-corrected chi connectivity index (χ1v) is 8.03. The summed E-state index contributed by atoms with van der Waals surface area (Å²) in [5.74, 6) is 1.33. The lowest BCUT2D eigenvalue weighted by Crippen LogP contribution is -2.41. The number of aromatic amines is 1. The second-order valence-electron chi connectivity index (χ2n) is 5.59. The monoisotopic (exact) mass is 312 g/mol. The number of nitrogens with one attached hydrogen (secondary N) is 2. The van der Waals surface area contributed by atoms with Crippen molar-refractivity contribution in [3.63, 3.8) is 0 Å². The Kier molecular flexibility index (Phi) is 5.93. The number of carbonyl (C=O) groups excluding carboxylic acids is 1. The maximum Gasteiger partial charge on any atom is 0.240 e. The molecule has 1 amide bonds. The molecule has 2 N–H and O–H groups in total. The van der Waals surface area contributed by atoms with Crippen LogP contribution in [-0.4, -0.2) is 39.9 Å². The van der Waals surface area contributed by atoms with E-state index in [1.54, 1.807) is 4.57 Å². The quantitative estimate of drug-likeness (QED) is 0.786. The van der Waals surface area contributed by atoms with Crippen molar-refractivity contribution >= 4 is 18.1 Å². The smallest absolute Gasteiger partial charge is 0.240 e. The van der Waals surface area contributed by atoms with Crippen molar-refractivity contribution in [2.45, 2.75) is 52.1 Å². The predicted molar refractivity (Wildman–Crippen MR) is 82.6 cm³/mol. The minimum atomic E-state index is -0.0103. The number of aromatic nitrogens is 3. The predicted octanol–water partition coefficient (Wildman–Crippen LogP) is 1.82. The lowest BCUT2D eigenvalue weighted by atomic mass is 9.93. The van der Waals surface area contributed by atoms with Gasteiger partial charge in [-0.05, 0) is 44.3 Å². The van der Waals surface area contributed by atoms with Crippen molar-refractivity contribution in [3.8, 4) is 0 Å². The Bertz CT molecular complexity index is 519. The van der Waals surface area contributed by atoms with Crippen LogP contribution in [0.25, 0.3) is 0 Å². The van der Waals surface area contributed by atoms with Crippen LogP contribution in [0, 0.1) is 10.7 Å². The topological polar surface area (TPSA) is 71.9 Å². The van der Waals surface area contributed by atoms with Crippen molar-refractivity contribution in [2.75, 3.05) is 13.2 Å². The second kappa shape index (κ2) is 7.70. The van der Waals surface area contributed by atoms with Crippen LogP contribution in [0.3, 0.4) is 0 Å². The summed E-state index contributed by atoms with van der Waals surface area (Å²) in [7, 11) is 0. The molecule has 118 valence electrons. The number of rotatable bonds is 6. The zero-order valence-electron chi connectivity index (χ0n) is 12.7. The molecule has 0 bridgehead atoms. The molecule has 1 aliphatic heterocycles. The molecule has 1 saturated heterocycles. The summed E-state index contributed by atoms with van der Waals surface area (Å²) in [5.41, 5.74) is 0. The molecule has 2 rings (SSSR count). The molecule has 2 heterocycles. The van der Waals surface area contributed by atoms with Gasteiger partial charge in [-0.25, -0.2) is 0 Å². The molecule has 1 aromatic rings. The maximum atomic E-state index is 12.2. The third-order valence-corrected chi connectivity index (χ3v) is 4.29. The molecule has 6 nitrogen and oxygen atoms in total. The highest BCUT2D eigenvalue weighted by Crippen LogP contribution is 2.18. The van der Waals surface area contributed by atoms with Gasteiger partial charge in [-0.2, -0.15) is 5.10 Å². The first kappa shape index (κ1) is 16.2. The van der Waals surface area contributed by atoms with Gasteiger partial charge in [-0.1, -0.05) is 6.92 Å². The van der Waals surface area contributed by atoms with Crippen LogP contribution in [0.4, 0.5) is 0 Å². The number of aryl methyl sites for hydroxylation is 1. The molecule has 1 aliphatic rings. The SMILES string of the molecule is CCCc1n[nH]c(=S)n1CC(=O)N[C@@H](C)C1CCOCC1. The Morgan fingerprint density at radius 2 is 2.29 bits per heavy atom. The summed E-state index contributed by atoms with van der Waals surface area (Å²) >= 11 is 5.19. The molecule has 21 heavy (non-hydrogen) atoms. The number of hydrogen-bond donors (Lipinski definition) is 2. The summed E-state index contributed by atoms with van der Waals surface area (Å²) in [4.78, 5) is 12.2. The number of hydrogen-bond acceptors (Lipinski definition) is 4. The van der Waals surface area contributed by atoms with E-state index in [1.165, 1.54) is 0 Å². The van der Waals surface area contributed by atoms with E-state index in [0.717, 1.165) is 44.7 Å². The van der Waals surface area contributed by atoms with Crippen molar-refractivity contribution in [1.82, 2.24) is 20.1 Å². The minimum absolute atomic E-state index is 0.0103. The van der Waals surface area contributed by atoms with Crippen LogP contribution in [0.2, 0.25) is 0 Å². The third kappa shape index (κ3) is 4.38. The van der Waals surface area contributed by atoms with Gasteiger partial charge in [0.1, 0.15) is 12.4 Å². The summed E-state index contributed by atoms with van der Waals surface area (Å²) in [5, 5.41) is 10.0. The Morgan fingerprint density at radius 3 is 2.95 bits per heavy atom. The molecule has 1 fully saturated rings. The molecular weight excluding hydrogens is 288 g/mol. The minimum Gasteiger partial charge on any atom is -0.381 e. The fraction of sp³-hybridized carbons (Fsp3) is 0.786. The fourth-order valence-electron chi connectivity index (χ4n) is 2.70. The molecular formula is C14H24N4O2S. The van der Waals surface area contributed by atoms with Crippen molar-refractivity contribution in [2.24, 2.45) is 5.92 Å². The van der Waals surface area contributed by atoms with Crippen LogP contribution in [0.5, 0.6) is 0 Å². The standard InChI is InChI=1S/C14H24N4O2S/c1-3-4-12-16-17-14(21)18(12)9-13(19)15-10(2)11-5-7-20-8-6-11/h10-11H,3-9H2,1-2H3,(H,15,19)(H,17,21)/t10-/m0/s1. The molecule has 7 heteroatoms. The van der Waals surface area contributed by atoms with Gasteiger partial charge in [0.25, 0.3) is 0 Å². The lowest BCUT2D eigenvalue weighted by molar-refractivity contribution is -0.123. The lowest BCUT2D eigenvalue weighted by Gasteiger charge is -2.28. The molecule has 1 atom stereocenters. The first-order valence-electron chi connectivity index (χ1n) is 7.63. The van der Waals surface area contributed by atoms with Gasteiger partial charge in [0, 0.05) is 25.7 Å². The van der Waals surface area contributed by atoms with Crippen LogP contribution in [0.1, 0.15) is 38.9 Å². The highest BCUT2D eigenvalue weighted by molar-refractivity contribution is 7.71. The molecule has 0 unspecified atom stereocenters. The molecule has 0 spiro atoms. The number of nitrogens with zero attached hydrogens (tertiary/aromatic N) is 2. The number of carbonyl (C=O) groups is 1. The van der Waals surface area contributed by atoms with E-state index >= 15 is 0 Å². The molecule has 1 aromatic heterocycles. The number of H-pyrrole nitrogens is 1. The highest BCUT2D eigenvalue weighted by atomic mass is 32.1. The maximum absolute atomic E-state index is 12.2. The summed E-state index contributed by atoms with van der Waals surface area (Å²) in [6.45, 7) is 5.96. The number of ether oxygens (including phenoxy) is 1. The highest BCUT2D eigenvalue weighted by Gasteiger charge is 2.22. The van der Waals surface area contributed by atoms with Gasteiger partial charge < -0.3 is 10.1 Å². The van der Waals surface area contributed by atoms with Crippen LogP contribution in [0.15, 0.2) is 0 Å². The van der Waals surface area contributed by atoms with E-state index in [4.69, 9.17) is 17.0 Å². The van der Waals surface area contributed by atoms with Gasteiger partial charge in [0.2, 0.25) is 5.91 Å². The van der Waals surface area contributed by atoms with E-state index < -0.39 is 0 Å². The fourth-order valence-corrected chi connectivity index (χ4v) is 2.92. The van der Waals surface area contributed by atoms with E-state index in [0.29, 0.717) is 10.7 Å². The zero-order chi connectivity index (χ0) is 15.2. The van der Waals surface area contributed by atoms with Gasteiger partial charge in [-0.3, -0.25) is 14.5 Å². The average Bonchev–Trinajstić information content (AvgIpc) is 2.81. The van der Waals surface area contributed by atoms with Crippen molar-refractivity contribution < 1.29 is 9.53 Å². The molecule has 0 aromatic carbocycles. The van der Waals surface area contributed by atoms with Gasteiger partial charge >= 0.3 is 0 Å². The Labute approximate surface area is 130 Å². The summed E-state index contributed by atoms with van der Waals surface area (Å²) < 4.78 is 7.64. The van der Waals surface area contributed by atoms with E-state index in [2.05, 4.69) is 29.4 Å². The van der Waals surface area contributed by atoms with E-state index in [-0.39, 0.29) is 18.5 Å². The van der Waals surface area contributed by atoms with E-state index in [9.17, 15) is 4.79 Å². The van der Waals surface area contributed by atoms with E-state index in [1.807, 2.05) is 0 Å². The zero-order valence-corrected chi connectivity index (χ0v) is 13.5. The average molecular weight is 312 g/mol. The van der Waals surface area contributed by atoms with Gasteiger partial charge in [-0.15, -0.1) is 0 Å². The Hall–Kier alpha value is -1.21. The van der Waals surface area contributed by atoms with Crippen molar-refractivity contribution in [1.29, 1.82) is 0 Å². The molecule has 0 radical (unpaired) electrons. The normalized spacial score (nSPS) is 17.6. The largest absolute Gasteiger partial charge is 0.381 e. The Morgan fingerprint density at radius 1 is 1.57 bits per heavy atom. The molecule has 0 aliphatic carbocycles. The van der Waals surface area contributed by atoms with Crippen molar-refractivity contribution in [3.05, 3.63) is 10.6 Å². The van der Waals surface area contributed by atoms with Crippen LogP contribution < -0.4 is 5.32 Å². The Balaban J connectivity index is 1.92. The van der Waals surface area contributed by atoms with Crippen LogP contribution in [-0.2, 0) is 22.5 Å². The second-order valence-corrected chi connectivity index (χ2v) is 5.97. The van der Waals surface area contributed by atoms with Gasteiger partial charge in [0.05, 0.1) is 0 Å². The molecule has 0 saturated carbocycles.